The van der Waals surface area contributed by atoms with Crippen molar-refractivity contribution >= 4 is 51.7 Å². The van der Waals surface area contributed by atoms with Gasteiger partial charge >= 0.3 is 0 Å². The van der Waals surface area contributed by atoms with Crippen LogP contribution in [0.2, 0.25) is 0 Å². The molecular formula is C23H28N4O2S2. The maximum absolute atomic E-state index is 13.1. The van der Waals surface area contributed by atoms with E-state index in [-0.39, 0.29) is 11.5 Å². The quantitative estimate of drug-likeness (QED) is 0.226. The molecule has 3 heterocycles. The highest BCUT2D eigenvalue weighted by molar-refractivity contribution is 8.26. The predicted molar refractivity (Wildman–Crippen MR) is 133 cm³/mol. The van der Waals surface area contributed by atoms with Gasteiger partial charge in [0.25, 0.3) is 11.5 Å². The molecule has 3 rings (SSSR count). The van der Waals surface area contributed by atoms with Gasteiger partial charge in [0.1, 0.15) is 15.8 Å². The van der Waals surface area contributed by atoms with Gasteiger partial charge in [-0.25, -0.2) is 4.98 Å². The van der Waals surface area contributed by atoms with Crippen LogP contribution in [0.3, 0.4) is 0 Å². The van der Waals surface area contributed by atoms with Gasteiger partial charge in [0.15, 0.2) is 0 Å². The highest BCUT2D eigenvalue weighted by Crippen LogP contribution is 2.33. The van der Waals surface area contributed by atoms with Crippen LogP contribution in [-0.2, 0) is 4.79 Å². The number of nitrogens with zero attached hydrogens (tertiary/aromatic N) is 3. The Labute approximate surface area is 192 Å². The monoisotopic (exact) mass is 456 g/mol. The molecule has 0 unspecified atom stereocenters. The third kappa shape index (κ3) is 5.62. The molecule has 0 bridgehead atoms. The van der Waals surface area contributed by atoms with E-state index in [0.717, 1.165) is 12.8 Å². The SMILES string of the molecule is C=CCNc1nc2ccccn2c(=O)c1/C=C1/SC(=S)N(CCCCCCCC)C1=O. The van der Waals surface area contributed by atoms with Gasteiger partial charge in [-0.2, -0.15) is 0 Å². The Morgan fingerprint density at radius 1 is 1.19 bits per heavy atom. The Hall–Kier alpha value is -2.45. The second-order valence-corrected chi connectivity index (χ2v) is 9.05. The molecule has 0 aromatic carbocycles. The lowest BCUT2D eigenvalue weighted by Crippen LogP contribution is -2.29. The van der Waals surface area contributed by atoms with E-state index in [1.807, 2.05) is 6.07 Å². The zero-order valence-corrected chi connectivity index (χ0v) is 19.4. The van der Waals surface area contributed by atoms with Crippen molar-refractivity contribution in [2.45, 2.75) is 45.4 Å². The third-order valence-electron chi connectivity index (χ3n) is 5.07. The first-order valence-corrected chi connectivity index (χ1v) is 11.9. The largest absolute Gasteiger partial charge is 0.366 e. The van der Waals surface area contributed by atoms with Gasteiger partial charge in [0.05, 0.1) is 10.5 Å². The average molecular weight is 457 g/mol. The number of pyridine rings is 1. The number of amides is 1. The van der Waals surface area contributed by atoms with Crippen LogP contribution in [0.25, 0.3) is 11.7 Å². The van der Waals surface area contributed by atoms with Crippen LogP contribution in [0.4, 0.5) is 5.82 Å². The fourth-order valence-electron chi connectivity index (χ4n) is 3.41. The van der Waals surface area contributed by atoms with Crippen molar-refractivity contribution in [1.82, 2.24) is 14.3 Å². The summed E-state index contributed by atoms with van der Waals surface area (Å²) >= 11 is 6.68. The van der Waals surface area contributed by atoms with Crippen LogP contribution < -0.4 is 10.9 Å². The second-order valence-electron chi connectivity index (χ2n) is 7.38. The van der Waals surface area contributed by atoms with Gasteiger partial charge in [0, 0.05) is 19.3 Å². The molecule has 0 atom stereocenters. The van der Waals surface area contributed by atoms with E-state index in [1.54, 1.807) is 35.4 Å². The van der Waals surface area contributed by atoms with Gasteiger partial charge in [-0.1, -0.05) is 75.1 Å². The number of hydrogen-bond acceptors (Lipinski definition) is 6. The normalized spacial score (nSPS) is 15.3. The molecule has 164 valence electrons. The molecule has 8 heteroatoms. The van der Waals surface area contributed by atoms with E-state index in [0.29, 0.717) is 39.3 Å². The number of anilines is 1. The molecule has 0 radical (unpaired) electrons. The van der Waals surface area contributed by atoms with Crippen molar-refractivity contribution in [1.29, 1.82) is 0 Å². The first-order chi connectivity index (χ1) is 15.1. The molecule has 1 N–H and O–H groups in total. The van der Waals surface area contributed by atoms with Gasteiger partial charge in [0.2, 0.25) is 0 Å². The summed E-state index contributed by atoms with van der Waals surface area (Å²) in [4.78, 5) is 32.7. The van der Waals surface area contributed by atoms with Crippen molar-refractivity contribution in [2.75, 3.05) is 18.4 Å². The van der Waals surface area contributed by atoms with E-state index >= 15 is 0 Å². The average Bonchev–Trinajstić information content (AvgIpc) is 3.04. The second kappa shape index (κ2) is 11.2. The fraction of sp³-hybridized carbons (Fsp3) is 0.391. The number of hydrogen-bond donors (Lipinski definition) is 1. The van der Waals surface area contributed by atoms with Gasteiger partial charge < -0.3 is 5.32 Å². The molecule has 31 heavy (non-hydrogen) atoms. The lowest BCUT2D eigenvalue weighted by molar-refractivity contribution is -0.122. The number of rotatable bonds is 11. The summed E-state index contributed by atoms with van der Waals surface area (Å²) in [6.45, 7) is 6.97. The van der Waals surface area contributed by atoms with Gasteiger partial charge in [-0.3, -0.25) is 18.9 Å². The molecule has 0 aliphatic carbocycles. The van der Waals surface area contributed by atoms with Crippen LogP contribution in [0.1, 0.15) is 51.0 Å². The van der Waals surface area contributed by atoms with E-state index in [2.05, 4.69) is 23.8 Å². The number of aromatic nitrogens is 2. The molecule has 6 nitrogen and oxygen atoms in total. The van der Waals surface area contributed by atoms with Gasteiger partial charge in [-0.15, -0.1) is 6.58 Å². The lowest BCUT2D eigenvalue weighted by atomic mass is 10.1. The topological polar surface area (TPSA) is 66.7 Å². The maximum Gasteiger partial charge on any atom is 0.267 e. The Morgan fingerprint density at radius 3 is 2.74 bits per heavy atom. The van der Waals surface area contributed by atoms with Crippen LogP contribution >= 0.6 is 24.0 Å². The number of thioether (sulfide) groups is 1. The van der Waals surface area contributed by atoms with Crippen molar-refractivity contribution in [3.8, 4) is 0 Å². The zero-order valence-electron chi connectivity index (χ0n) is 17.8. The molecule has 1 saturated heterocycles. The van der Waals surface area contributed by atoms with Crippen molar-refractivity contribution in [2.24, 2.45) is 0 Å². The lowest BCUT2D eigenvalue weighted by Gasteiger charge is -2.14. The summed E-state index contributed by atoms with van der Waals surface area (Å²) in [5, 5.41) is 3.11. The summed E-state index contributed by atoms with van der Waals surface area (Å²) in [6, 6.07) is 5.37. The summed E-state index contributed by atoms with van der Waals surface area (Å²) in [5.74, 6) is 0.285. The van der Waals surface area contributed by atoms with E-state index < -0.39 is 0 Å². The zero-order chi connectivity index (χ0) is 22.2. The Bertz CT molecular complexity index is 1060. The minimum atomic E-state index is -0.238. The van der Waals surface area contributed by atoms with Crippen molar-refractivity contribution in [3.63, 3.8) is 0 Å². The number of carbonyl (C=O) groups excluding carboxylic acids is 1. The highest BCUT2D eigenvalue weighted by Gasteiger charge is 2.32. The minimum Gasteiger partial charge on any atom is -0.366 e. The van der Waals surface area contributed by atoms with Crippen LogP contribution in [-0.4, -0.2) is 37.6 Å². The molecule has 0 spiro atoms. The van der Waals surface area contributed by atoms with Crippen LogP contribution in [0, 0.1) is 0 Å². The number of nitrogens with one attached hydrogen (secondary N) is 1. The highest BCUT2D eigenvalue weighted by atomic mass is 32.2. The number of thiocarbonyl (C=S) groups is 1. The predicted octanol–water partition coefficient (Wildman–Crippen LogP) is 4.85. The summed E-state index contributed by atoms with van der Waals surface area (Å²) in [5.41, 5.74) is 0.635. The Kier molecular flexibility index (Phi) is 8.43. The smallest absolute Gasteiger partial charge is 0.267 e. The number of unbranched alkanes of at least 4 members (excludes halogenated alkanes) is 5. The summed E-state index contributed by atoms with van der Waals surface area (Å²) in [7, 11) is 0. The fourth-order valence-corrected chi connectivity index (χ4v) is 4.70. The molecule has 2 aromatic heterocycles. The van der Waals surface area contributed by atoms with Gasteiger partial charge in [-0.05, 0) is 24.6 Å². The molecule has 1 fully saturated rings. The van der Waals surface area contributed by atoms with E-state index in [1.165, 1.54) is 41.8 Å². The molecule has 2 aromatic rings. The van der Waals surface area contributed by atoms with Crippen LogP contribution in [0.5, 0.6) is 0 Å². The van der Waals surface area contributed by atoms with Crippen molar-refractivity contribution in [3.05, 3.63) is 57.9 Å². The third-order valence-corrected chi connectivity index (χ3v) is 6.44. The maximum atomic E-state index is 13.1. The Morgan fingerprint density at radius 2 is 1.97 bits per heavy atom. The summed E-state index contributed by atoms with van der Waals surface area (Å²) in [6.07, 6.45) is 11.9. The standard InChI is InChI=1S/C23H28N4O2S2/c1-3-5-6-7-8-10-15-27-22(29)18(31-23(27)30)16-17-20(24-13-4-2)25-19-12-9-11-14-26(19)21(17)28/h4,9,11-12,14,16,24H,2-3,5-8,10,13,15H2,1H3/b18-16+. The Balaban J connectivity index is 1.83. The first-order valence-electron chi connectivity index (χ1n) is 10.7. The minimum absolute atomic E-state index is 0.143. The number of carbonyl (C=O) groups is 1. The molecule has 0 saturated carbocycles. The van der Waals surface area contributed by atoms with Crippen molar-refractivity contribution < 1.29 is 4.79 Å². The van der Waals surface area contributed by atoms with Crippen LogP contribution in [0.15, 0.2) is 46.8 Å². The molecule has 1 aliphatic rings. The number of fused-ring (bicyclic) bond motifs is 1. The van der Waals surface area contributed by atoms with E-state index in [9.17, 15) is 9.59 Å². The molecule has 1 aliphatic heterocycles. The van der Waals surface area contributed by atoms with E-state index in [4.69, 9.17) is 12.2 Å². The summed E-state index contributed by atoms with van der Waals surface area (Å²) < 4.78 is 2.02. The molecule has 1 amide bonds. The first kappa shape index (κ1) is 23.2. The molecular weight excluding hydrogens is 428 g/mol.